The summed E-state index contributed by atoms with van der Waals surface area (Å²) in [7, 11) is 2.21. The second-order valence-corrected chi connectivity index (χ2v) is 5.80. The van der Waals surface area contributed by atoms with E-state index in [1.165, 1.54) is 37.9 Å². The molecule has 1 fully saturated rings. The van der Waals surface area contributed by atoms with E-state index in [1.807, 2.05) is 18.2 Å². The number of nitriles is 1. The van der Waals surface area contributed by atoms with Crippen molar-refractivity contribution in [3.05, 3.63) is 29.8 Å². The number of nitrogens with one attached hydrogen (secondary N) is 1. The largest absolute Gasteiger partial charge is 0.479 e. The Labute approximate surface area is 127 Å². The number of likely N-dealkylation sites (tertiary alicyclic amines) is 1. The molecule has 0 unspecified atom stereocenters. The van der Waals surface area contributed by atoms with Gasteiger partial charge in [0.05, 0.1) is 0 Å². The average Bonchev–Trinajstić information content (AvgIpc) is 2.52. The van der Waals surface area contributed by atoms with Crippen molar-refractivity contribution in [1.82, 2.24) is 10.2 Å². The monoisotopic (exact) mass is 287 g/mol. The molecule has 0 radical (unpaired) electrons. The first-order valence-electron chi connectivity index (χ1n) is 7.76. The van der Waals surface area contributed by atoms with Crippen molar-refractivity contribution in [2.75, 3.05) is 33.3 Å². The highest BCUT2D eigenvalue weighted by Gasteiger charge is 2.15. The summed E-state index contributed by atoms with van der Waals surface area (Å²) in [6, 6.07) is 9.91. The van der Waals surface area contributed by atoms with Crippen molar-refractivity contribution < 1.29 is 4.74 Å². The van der Waals surface area contributed by atoms with E-state index in [-0.39, 0.29) is 6.61 Å². The van der Waals surface area contributed by atoms with Crippen LogP contribution >= 0.6 is 0 Å². The Kier molecular flexibility index (Phi) is 6.52. The van der Waals surface area contributed by atoms with E-state index in [2.05, 4.69) is 29.4 Å². The highest BCUT2D eigenvalue weighted by atomic mass is 16.5. The van der Waals surface area contributed by atoms with Gasteiger partial charge in [0.1, 0.15) is 11.8 Å². The van der Waals surface area contributed by atoms with Gasteiger partial charge in [0.2, 0.25) is 0 Å². The third-order valence-electron chi connectivity index (χ3n) is 4.12. The molecular weight excluding hydrogens is 262 g/mol. The second kappa shape index (κ2) is 8.66. The van der Waals surface area contributed by atoms with Crippen molar-refractivity contribution in [3.8, 4) is 11.8 Å². The summed E-state index contributed by atoms with van der Waals surface area (Å²) in [5.41, 5.74) is 1.25. The summed E-state index contributed by atoms with van der Waals surface area (Å²) in [6.45, 7) is 4.57. The number of hydrogen-bond acceptors (Lipinski definition) is 4. The molecule has 0 saturated carbocycles. The van der Waals surface area contributed by atoms with Gasteiger partial charge in [-0.25, -0.2) is 0 Å². The molecule has 0 bridgehead atoms. The Balaban J connectivity index is 1.61. The summed E-state index contributed by atoms with van der Waals surface area (Å²) in [6.07, 6.45) is 3.95. The molecule has 1 saturated heterocycles. The lowest BCUT2D eigenvalue weighted by molar-refractivity contribution is 0.211. The van der Waals surface area contributed by atoms with E-state index in [0.717, 1.165) is 24.8 Å². The summed E-state index contributed by atoms with van der Waals surface area (Å²) >= 11 is 0. The maximum atomic E-state index is 8.46. The van der Waals surface area contributed by atoms with Gasteiger partial charge >= 0.3 is 0 Å². The Morgan fingerprint density at radius 3 is 2.67 bits per heavy atom. The van der Waals surface area contributed by atoms with Gasteiger partial charge < -0.3 is 15.0 Å². The van der Waals surface area contributed by atoms with Crippen molar-refractivity contribution in [3.63, 3.8) is 0 Å². The molecule has 4 nitrogen and oxygen atoms in total. The van der Waals surface area contributed by atoms with Crippen LogP contribution in [0.1, 0.15) is 24.8 Å². The fraction of sp³-hybridized carbons (Fsp3) is 0.588. The molecule has 0 aromatic heterocycles. The zero-order valence-corrected chi connectivity index (χ0v) is 12.8. The van der Waals surface area contributed by atoms with Crippen LogP contribution in [0.5, 0.6) is 5.75 Å². The van der Waals surface area contributed by atoms with E-state index in [1.54, 1.807) is 0 Å². The third kappa shape index (κ3) is 5.74. The molecule has 1 aromatic rings. The molecule has 1 N–H and O–H groups in total. The highest BCUT2D eigenvalue weighted by molar-refractivity contribution is 5.27. The molecule has 2 rings (SSSR count). The van der Waals surface area contributed by atoms with Crippen molar-refractivity contribution in [2.45, 2.75) is 25.8 Å². The number of piperidine rings is 1. The van der Waals surface area contributed by atoms with Gasteiger partial charge in [0.25, 0.3) is 0 Å². The van der Waals surface area contributed by atoms with Crippen LogP contribution in [0.2, 0.25) is 0 Å². The Morgan fingerprint density at radius 2 is 2.00 bits per heavy atom. The highest BCUT2D eigenvalue weighted by Crippen LogP contribution is 2.18. The quantitative estimate of drug-likeness (QED) is 0.782. The minimum atomic E-state index is 0.105. The topological polar surface area (TPSA) is 48.3 Å². The van der Waals surface area contributed by atoms with E-state index < -0.39 is 0 Å². The minimum absolute atomic E-state index is 0.105. The standard InChI is InChI=1S/C17H25N3O/c1-20-11-7-15(8-12-20)6-10-19-14-16-2-4-17(5-3-16)21-13-9-18/h2-5,15,19H,6-8,10-14H2,1H3. The summed E-state index contributed by atoms with van der Waals surface area (Å²) in [5.74, 6) is 1.64. The molecule has 1 heterocycles. The number of hydrogen-bond donors (Lipinski definition) is 1. The van der Waals surface area contributed by atoms with Gasteiger partial charge in [-0.2, -0.15) is 5.26 Å². The van der Waals surface area contributed by atoms with Gasteiger partial charge in [0.15, 0.2) is 6.61 Å². The molecule has 0 spiro atoms. The van der Waals surface area contributed by atoms with Gasteiger partial charge in [-0.1, -0.05) is 12.1 Å². The smallest absolute Gasteiger partial charge is 0.174 e. The van der Waals surface area contributed by atoms with Crippen LogP contribution < -0.4 is 10.1 Å². The summed E-state index contributed by atoms with van der Waals surface area (Å²) in [4.78, 5) is 2.42. The average molecular weight is 287 g/mol. The van der Waals surface area contributed by atoms with E-state index in [9.17, 15) is 0 Å². The van der Waals surface area contributed by atoms with Crippen LogP contribution in [0.25, 0.3) is 0 Å². The van der Waals surface area contributed by atoms with Crippen LogP contribution in [0.3, 0.4) is 0 Å². The first kappa shape index (κ1) is 15.8. The van der Waals surface area contributed by atoms with Crippen LogP contribution in [0, 0.1) is 17.2 Å². The Hall–Kier alpha value is -1.57. The maximum absolute atomic E-state index is 8.46. The fourth-order valence-electron chi connectivity index (χ4n) is 2.71. The number of nitrogens with zero attached hydrogens (tertiary/aromatic N) is 2. The lowest BCUT2D eigenvalue weighted by Gasteiger charge is -2.28. The van der Waals surface area contributed by atoms with E-state index >= 15 is 0 Å². The van der Waals surface area contributed by atoms with Gasteiger partial charge in [0, 0.05) is 6.54 Å². The van der Waals surface area contributed by atoms with Gasteiger partial charge in [-0.05, 0) is 69.6 Å². The molecule has 0 atom stereocenters. The molecule has 21 heavy (non-hydrogen) atoms. The SMILES string of the molecule is CN1CCC(CCNCc2ccc(OCC#N)cc2)CC1. The minimum Gasteiger partial charge on any atom is -0.479 e. The molecule has 4 heteroatoms. The molecule has 1 aliphatic heterocycles. The Bertz CT molecular complexity index is 444. The van der Waals surface area contributed by atoms with Gasteiger partial charge in [-0.3, -0.25) is 0 Å². The predicted molar refractivity (Wildman–Crippen MR) is 84.1 cm³/mol. The lowest BCUT2D eigenvalue weighted by Crippen LogP contribution is -2.31. The normalized spacial score (nSPS) is 16.6. The summed E-state index contributed by atoms with van der Waals surface area (Å²) < 4.78 is 5.24. The Morgan fingerprint density at radius 1 is 1.29 bits per heavy atom. The number of benzene rings is 1. The lowest BCUT2D eigenvalue weighted by atomic mass is 9.94. The van der Waals surface area contributed by atoms with Crippen LogP contribution in [-0.2, 0) is 6.54 Å². The molecule has 114 valence electrons. The van der Waals surface area contributed by atoms with Crippen LogP contribution in [0.4, 0.5) is 0 Å². The molecule has 0 amide bonds. The number of rotatable bonds is 7. The maximum Gasteiger partial charge on any atom is 0.174 e. The van der Waals surface area contributed by atoms with Crippen molar-refractivity contribution in [1.29, 1.82) is 5.26 Å². The molecule has 0 aliphatic carbocycles. The number of ether oxygens (including phenoxy) is 1. The summed E-state index contributed by atoms with van der Waals surface area (Å²) in [5, 5.41) is 12.0. The molecule has 1 aromatic carbocycles. The van der Waals surface area contributed by atoms with Gasteiger partial charge in [-0.15, -0.1) is 0 Å². The second-order valence-electron chi connectivity index (χ2n) is 5.80. The molecule has 1 aliphatic rings. The van der Waals surface area contributed by atoms with Crippen molar-refractivity contribution >= 4 is 0 Å². The van der Waals surface area contributed by atoms with E-state index in [0.29, 0.717) is 0 Å². The van der Waals surface area contributed by atoms with Crippen LogP contribution in [0.15, 0.2) is 24.3 Å². The molecular formula is C17H25N3O. The van der Waals surface area contributed by atoms with Crippen LogP contribution in [-0.4, -0.2) is 38.2 Å². The predicted octanol–water partition coefficient (Wildman–Crippen LogP) is 2.41. The fourth-order valence-corrected chi connectivity index (χ4v) is 2.71. The van der Waals surface area contributed by atoms with Crippen molar-refractivity contribution in [2.24, 2.45) is 5.92 Å². The first-order chi connectivity index (χ1) is 10.3. The first-order valence-corrected chi connectivity index (χ1v) is 7.76. The third-order valence-corrected chi connectivity index (χ3v) is 4.12. The van der Waals surface area contributed by atoms with E-state index in [4.69, 9.17) is 10.00 Å². The zero-order chi connectivity index (χ0) is 14.9. The zero-order valence-electron chi connectivity index (χ0n) is 12.8.